The third kappa shape index (κ3) is 33.3. The van der Waals surface area contributed by atoms with Gasteiger partial charge in [-0.15, -0.1) is 0 Å². The molecule has 64 heavy (non-hydrogen) atoms. The van der Waals surface area contributed by atoms with E-state index in [1.807, 2.05) is 0 Å². The van der Waals surface area contributed by atoms with Gasteiger partial charge in [-0.3, -0.25) is 4.79 Å². The molecule has 1 amide bonds. The Morgan fingerprint density at radius 3 is 1.38 bits per heavy atom. The van der Waals surface area contributed by atoms with E-state index in [-0.39, 0.29) is 18.9 Å². The molecule has 0 radical (unpaired) electrons. The molecule has 7 atom stereocenters. The smallest absolute Gasteiger partial charge is 0.220 e. The lowest BCUT2D eigenvalue weighted by molar-refractivity contribution is -0.302. The molecule has 1 aliphatic heterocycles. The van der Waals surface area contributed by atoms with Gasteiger partial charge in [-0.2, -0.15) is 0 Å². The van der Waals surface area contributed by atoms with Gasteiger partial charge in [0.2, 0.25) is 5.91 Å². The van der Waals surface area contributed by atoms with Gasteiger partial charge in [-0.1, -0.05) is 200 Å². The summed E-state index contributed by atoms with van der Waals surface area (Å²) in [6.07, 6.45) is 56.8. The Hall–Kier alpha value is -3.15. The van der Waals surface area contributed by atoms with Gasteiger partial charge in [-0.05, 0) is 77.0 Å². The van der Waals surface area contributed by atoms with E-state index in [0.29, 0.717) is 12.8 Å². The normalized spacial score (nSPS) is 21.0. The van der Waals surface area contributed by atoms with E-state index in [9.17, 15) is 30.3 Å². The highest BCUT2D eigenvalue weighted by Crippen LogP contribution is 2.23. The Balaban J connectivity index is 2.31. The Kier molecular flexibility index (Phi) is 40.2. The van der Waals surface area contributed by atoms with Crippen LogP contribution in [0.15, 0.2) is 109 Å². The predicted molar refractivity (Wildman–Crippen MR) is 267 cm³/mol. The standard InChI is InChI=1S/C55H91NO8/c1-3-5-7-9-11-13-15-17-18-19-20-21-22-23-24-25-26-27-28-29-30-31-32-33-35-37-39-41-43-45-51(59)56-48(47-63-55-54(62)53(61)52(60)50(46-57)64-55)49(58)44-42-40-38-36-34-16-14-12-10-8-6-4-2/h5,7,11,13,17-18,20-21,23-24,26-27,29-30,32-33,37,39,48-50,52-55,57-58,60-62H,3-4,6,8-10,12,14-16,19,22,25,28,31,34-36,38,40-47H2,1-2H3,(H,56,59)/b7-5-,13-11-,18-17-,21-20-,24-23-,27-26-,30-29-,33-32-,39-37-. The van der Waals surface area contributed by atoms with Crippen molar-refractivity contribution in [3.63, 3.8) is 0 Å². The van der Waals surface area contributed by atoms with Gasteiger partial charge in [0.15, 0.2) is 6.29 Å². The fourth-order valence-corrected chi connectivity index (χ4v) is 7.16. The summed E-state index contributed by atoms with van der Waals surface area (Å²) in [5.41, 5.74) is 0. The number of hydrogen-bond donors (Lipinski definition) is 6. The van der Waals surface area contributed by atoms with Crippen molar-refractivity contribution in [2.45, 2.75) is 217 Å². The average Bonchev–Trinajstić information content (AvgIpc) is 3.29. The van der Waals surface area contributed by atoms with Crippen LogP contribution in [0.4, 0.5) is 0 Å². The van der Waals surface area contributed by atoms with Crippen LogP contribution < -0.4 is 5.32 Å². The predicted octanol–water partition coefficient (Wildman–Crippen LogP) is 11.4. The summed E-state index contributed by atoms with van der Waals surface area (Å²) in [4.78, 5) is 13.0. The second-order valence-corrected chi connectivity index (χ2v) is 16.9. The van der Waals surface area contributed by atoms with Gasteiger partial charge in [-0.25, -0.2) is 0 Å². The monoisotopic (exact) mass is 894 g/mol. The minimum Gasteiger partial charge on any atom is -0.394 e. The van der Waals surface area contributed by atoms with Gasteiger partial charge >= 0.3 is 0 Å². The lowest BCUT2D eigenvalue weighted by Gasteiger charge is -2.40. The van der Waals surface area contributed by atoms with Crippen LogP contribution >= 0.6 is 0 Å². The lowest BCUT2D eigenvalue weighted by atomic mass is 9.99. The van der Waals surface area contributed by atoms with E-state index in [1.165, 1.54) is 57.8 Å². The molecule has 1 aliphatic rings. The number of carbonyl (C=O) groups excluding carboxylic acids is 1. The number of ether oxygens (including phenoxy) is 2. The van der Waals surface area contributed by atoms with E-state index < -0.39 is 49.5 Å². The Bertz CT molecular complexity index is 1360. The van der Waals surface area contributed by atoms with Crippen molar-refractivity contribution in [2.75, 3.05) is 13.2 Å². The highest BCUT2D eigenvalue weighted by atomic mass is 16.7. The molecular formula is C55H91NO8. The summed E-state index contributed by atoms with van der Waals surface area (Å²) < 4.78 is 11.2. The molecule has 0 aromatic heterocycles. The second-order valence-electron chi connectivity index (χ2n) is 16.9. The second kappa shape index (κ2) is 43.7. The number of amides is 1. The SMILES string of the molecule is CC/C=C\C/C=C\C/C=C\C/C=C\C/C=C\C/C=C\C/C=C\C/C=C\C/C=C\CCCC(=O)NC(COC1OC(CO)C(O)C(O)C1O)C(O)CCCCCCCCCCCCCC. The molecule has 0 bridgehead atoms. The maximum atomic E-state index is 13.0. The topological polar surface area (TPSA) is 149 Å². The lowest BCUT2D eigenvalue weighted by Crippen LogP contribution is -2.60. The summed E-state index contributed by atoms with van der Waals surface area (Å²) in [7, 11) is 0. The van der Waals surface area contributed by atoms with Crippen LogP contribution in [-0.4, -0.2) is 87.5 Å². The zero-order chi connectivity index (χ0) is 46.6. The number of allylic oxidation sites excluding steroid dienone is 18. The maximum absolute atomic E-state index is 13.0. The number of aliphatic hydroxyl groups is 5. The minimum atomic E-state index is -1.57. The molecule has 1 saturated heterocycles. The van der Waals surface area contributed by atoms with Crippen LogP contribution in [0.25, 0.3) is 0 Å². The Morgan fingerprint density at radius 2 is 0.953 bits per heavy atom. The maximum Gasteiger partial charge on any atom is 0.220 e. The number of carbonyl (C=O) groups is 1. The zero-order valence-corrected chi connectivity index (χ0v) is 40.0. The molecule has 0 aromatic rings. The Morgan fingerprint density at radius 1 is 0.547 bits per heavy atom. The van der Waals surface area contributed by atoms with Crippen molar-refractivity contribution >= 4 is 5.91 Å². The summed E-state index contributed by atoms with van der Waals surface area (Å²) in [6.45, 7) is 3.66. The first kappa shape index (κ1) is 58.9. The molecule has 9 heteroatoms. The van der Waals surface area contributed by atoms with Crippen molar-refractivity contribution < 1.29 is 39.8 Å². The van der Waals surface area contributed by atoms with Crippen molar-refractivity contribution in [3.8, 4) is 0 Å². The molecule has 6 N–H and O–H groups in total. The van der Waals surface area contributed by atoms with Crippen molar-refractivity contribution in [2.24, 2.45) is 0 Å². The van der Waals surface area contributed by atoms with Gasteiger partial charge in [0.05, 0.1) is 25.4 Å². The fourth-order valence-electron chi connectivity index (χ4n) is 7.16. The number of nitrogens with one attached hydrogen (secondary N) is 1. The molecule has 1 fully saturated rings. The quantitative estimate of drug-likeness (QED) is 0.0263. The molecule has 0 aromatic carbocycles. The molecular weight excluding hydrogens is 803 g/mol. The van der Waals surface area contributed by atoms with Crippen molar-refractivity contribution in [1.29, 1.82) is 0 Å². The zero-order valence-electron chi connectivity index (χ0n) is 40.0. The number of unbranched alkanes of at least 4 members (excludes halogenated alkanes) is 12. The fraction of sp³-hybridized carbons (Fsp3) is 0.655. The van der Waals surface area contributed by atoms with Crippen LogP contribution in [-0.2, 0) is 14.3 Å². The molecule has 7 unspecified atom stereocenters. The minimum absolute atomic E-state index is 0.169. The number of aliphatic hydroxyl groups excluding tert-OH is 5. The molecule has 364 valence electrons. The van der Waals surface area contributed by atoms with Crippen molar-refractivity contribution in [3.05, 3.63) is 109 Å². The van der Waals surface area contributed by atoms with Crippen LogP contribution in [0, 0.1) is 0 Å². The van der Waals surface area contributed by atoms with Gasteiger partial charge in [0.1, 0.15) is 24.4 Å². The molecule has 0 saturated carbocycles. The van der Waals surface area contributed by atoms with Crippen molar-refractivity contribution in [1.82, 2.24) is 5.32 Å². The number of rotatable bonds is 40. The largest absolute Gasteiger partial charge is 0.394 e. The highest BCUT2D eigenvalue weighted by Gasteiger charge is 2.44. The van der Waals surface area contributed by atoms with Gasteiger partial charge in [0, 0.05) is 6.42 Å². The van der Waals surface area contributed by atoms with E-state index in [0.717, 1.165) is 83.5 Å². The Labute approximate surface area is 389 Å². The summed E-state index contributed by atoms with van der Waals surface area (Å²) in [6, 6.07) is -0.757. The van der Waals surface area contributed by atoms with Gasteiger partial charge < -0.3 is 40.3 Å². The van der Waals surface area contributed by atoms with Crippen LogP contribution in [0.2, 0.25) is 0 Å². The molecule has 1 heterocycles. The summed E-state index contributed by atoms with van der Waals surface area (Å²) in [5, 5.41) is 54.3. The highest BCUT2D eigenvalue weighted by molar-refractivity contribution is 5.76. The first-order valence-corrected chi connectivity index (χ1v) is 25.1. The average molecular weight is 894 g/mol. The first-order chi connectivity index (χ1) is 31.3. The molecule has 0 aliphatic carbocycles. The van der Waals surface area contributed by atoms with E-state index in [1.54, 1.807) is 0 Å². The molecule has 1 rings (SSSR count). The van der Waals surface area contributed by atoms with Crippen LogP contribution in [0.1, 0.15) is 174 Å². The van der Waals surface area contributed by atoms with E-state index >= 15 is 0 Å². The van der Waals surface area contributed by atoms with Crippen LogP contribution in [0.5, 0.6) is 0 Å². The third-order valence-corrected chi connectivity index (χ3v) is 11.1. The molecule has 0 spiro atoms. The summed E-state index contributed by atoms with van der Waals surface area (Å²) >= 11 is 0. The van der Waals surface area contributed by atoms with Gasteiger partial charge in [0.25, 0.3) is 0 Å². The van der Waals surface area contributed by atoms with E-state index in [4.69, 9.17) is 9.47 Å². The van der Waals surface area contributed by atoms with E-state index in [2.05, 4.69) is 129 Å². The number of hydrogen-bond acceptors (Lipinski definition) is 8. The summed E-state index contributed by atoms with van der Waals surface area (Å²) in [5.74, 6) is -0.208. The first-order valence-electron chi connectivity index (χ1n) is 25.1. The van der Waals surface area contributed by atoms with Crippen LogP contribution in [0.3, 0.4) is 0 Å². The third-order valence-electron chi connectivity index (χ3n) is 11.1. The molecule has 9 nitrogen and oxygen atoms in total.